The van der Waals surface area contributed by atoms with Crippen LogP contribution in [0.1, 0.15) is 42.6 Å². The third kappa shape index (κ3) is 2.61. The number of nitrogens with two attached hydrogens (primary N) is 1. The molecule has 1 saturated carbocycles. The van der Waals surface area contributed by atoms with Crippen LogP contribution in [0.5, 0.6) is 0 Å². The summed E-state index contributed by atoms with van der Waals surface area (Å²) in [7, 11) is 0. The van der Waals surface area contributed by atoms with E-state index in [1.54, 1.807) is 0 Å². The predicted molar refractivity (Wildman–Crippen MR) is 63.6 cm³/mol. The molecule has 100 valence electrons. The molecule has 18 heavy (non-hydrogen) atoms. The van der Waals surface area contributed by atoms with Crippen molar-refractivity contribution < 1.29 is 14.5 Å². The fourth-order valence-electron chi connectivity index (χ4n) is 2.40. The molecule has 1 aliphatic carbocycles. The highest BCUT2D eigenvalue weighted by Crippen LogP contribution is 2.35. The van der Waals surface area contributed by atoms with Crippen molar-refractivity contribution in [2.45, 2.75) is 32.1 Å². The van der Waals surface area contributed by atoms with Gasteiger partial charge in [0.05, 0.1) is 6.61 Å². The Kier molecular flexibility index (Phi) is 3.81. The zero-order valence-electron chi connectivity index (χ0n) is 10.2. The van der Waals surface area contributed by atoms with E-state index in [1.165, 1.54) is 6.42 Å². The van der Waals surface area contributed by atoms with Gasteiger partial charge in [-0.05, 0) is 23.2 Å². The molecule has 0 spiro atoms. The Balaban J connectivity index is 1.94. The van der Waals surface area contributed by atoms with Crippen molar-refractivity contribution in [2.24, 2.45) is 5.41 Å². The van der Waals surface area contributed by atoms with Crippen LogP contribution in [0.4, 0.5) is 5.82 Å². The maximum atomic E-state index is 11.8. The van der Waals surface area contributed by atoms with Crippen LogP contribution in [0.25, 0.3) is 0 Å². The quantitative estimate of drug-likeness (QED) is 0.713. The van der Waals surface area contributed by atoms with Gasteiger partial charge in [-0.15, -0.1) is 0 Å². The second kappa shape index (κ2) is 5.34. The third-order valence-electron chi connectivity index (χ3n) is 3.60. The first kappa shape index (κ1) is 12.8. The molecular weight excluding hydrogens is 236 g/mol. The highest BCUT2D eigenvalue weighted by molar-refractivity contribution is 5.95. The number of rotatable bonds is 4. The summed E-state index contributed by atoms with van der Waals surface area (Å²) < 4.78 is 4.37. The monoisotopic (exact) mass is 254 g/mol. The van der Waals surface area contributed by atoms with Gasteiger partial charge in [-0.1, -0.05) is 19.3 Å². The van der Waals surface area contributed by atoms with Crippen molar-refractivity contribution in [1.29, 1.82) is 0 Å². The molecule has 4 N–H and O–H groups in total. The molecule has 1 amide bonds. The first-order valence-corrected chi connectivity index (χ1v) is 6.14. The van der Waals surface area contributed by atoms with E-state index >= 15 is 0 Å². The van der Waals surface area contributed by atoms with Crippen LogP contribution in [-0.4, -0.2) is 34.5 Å². The maximum Gasteiger partial charge on any atom is 0.277 e. The van der Waals surface area contributed by atoms with E-state index in [4.69, 9.17) is 5.73 Å². The molecule has 0 unspecified atom stereocenters. The Morgan fingerprint density at radius 1 is 1.39 bits per heavy atom. The Bertz CT molecular complexity index is 412. The van der Waals surface area contributed by atoms with Gasteiger partial charge >= 0.3 is 0 Å². The molecule has 1 heterocycles. The van der Waals surface area contributed by atoms with Gasteiger partial charge in [-0.3, -0.25) is 4.79 Å². The number of aromatic nitrogens is 2. The topological polar surface area (TPSA) is 114 Å². The van der Waals surface area contributed by atoms with Crippen LogP contribution >= 0.6 is 0 Å². The second-order valence-electron chi connectivity index (χ2n) is 4.90. The molecule has 0 aliphatic heterocycles. The van der Waals surface area contributed by atoms with E-state index < -0.39 is 5.91 Å². The van der Waals surface area contributed by atoms with Crippen LogP contribution in [-0.2, 0) is 0 Å². The van der Waals surface area contributed by atoms with Crippen molar-refractivity contribution >= 4 is 11.7 Å². The van der Waals surface area contributed by atoms with Gasteiger partial charge in [0.25, 0.3) is 5.91 Å². The first-order valence-electron chi connectivity index (χ1n) is 6.14. The summed E-state index contributed by atoms with van der Waals surface area (Å²) in [5.41, 5.74) is 5.23. The number of aliphatic hydroxyl groups is 1. The standard InChI is InChI=1S/C11H18N4O3/c12-9-8(14-18-15-9)10(17)13-6-11(7-16)4-2-1-3-5-11/h16H,1-7H2,(H2,12,15)(H,13,17). The highest BCUT2D eigenvalue weighted by Gasteiger charge is 2.32. The lowest BCUT2D eigenvalue weighted by Gasteiger charge is -2.35. The number of nitrogens with zero attached hydrogens (tertiary/aromatic N) is 2. The number of anilines is 1. The van der Waals surface area contributed by atoms with Crippen LogP contribution < -0.4 is 11.1 Å². The molecule has 1 aromatic heterocycles. The van der Waals surface area contributed by atoms with Gasteiger partial charge in [-0.2, -0.15) is 0 Å². The minimum absolute atomic E-state index is 0.00102. The van der Waals surface area contributed by atoms with Crippen molar-refractivity contribution in [2.75, 3.05) is 18.9 Å². The number of amides is 1. The number of hydrogen-bond donors (Lipinski definition) is 3. The number of aliphatic hydroxyl groups excluding tert-OH is 1. The molecular formula is C11H18N4O3. The fraction of sp³-hybridized carbons (Fsp3) is 0.727. The van der Waals surface area contributed by atoms with Crippen molar-refractivity contribution in [1.82, 2.24) is 15.6 Å². The highest BCUT2D eigenvalue weighted by atomic mass is 16.6. The van der Waals surface area contributed by atoms with Gasteiger partial charge in [0.1, 0.15) is 0 Å². The first-order chi connectivity index (χ1) is 8.67. The number of carbonyl (C=O) groups is 1. The molecule has 7 heteroatoms. The van der Waals surface area contributed by atoms with E-state index in [2.05, 4.69) is 20.3 Å². The average Bonchev–Trinajstić information content (AvgIpc) is 2.83. The summed E-state index contributed by atoms with van der Waals surface area (Å²) in [5, 5.41) is 19.1. The van der Waals surface area contributed by atoms with Crippen LogP contribution in [0.2, 0.25) is 0 Å². The summed E-state index contributed by atoms with van der Waals surface area (Å²) in [6.07, 6.45) is 5.22. The summed E-state index contributed by atoms with van der Waals surface area (Å²) >= 11 is 0. The summed E-state index contributed by atoms with van der Waals surface area (Å²) in [6, 6.07) is 0. The van der Waals surface area contributed by atoms with E-state index in [0.717, 1.165) is 25.7 Å². The zero-order chi connectivity index (χ0) is 13.0. The van der Waals surface area contributed by atoms with E-state index in [0.29, 0.717) is 6.54 Å². The maximum absolute atomic E-state index is 11.8. The summed E-state index contributed by atoms with van der Waals surface area (Å²) in [4.78, 5) is 11.8. The third-order valence-corrected chi connectivity index (χ3v) is 3.60. The molecule has 0 aromatic carbocycles. The molecule has 0 bridgehead atoms. The van der Waals surface area contributed by atoms with Crippen molar-refractivity contribution in [3.63, 3.8) is 0 Å². The smallest absolute Gasteiger partial charge is 0.277 e. The minimum atomic E-state index is -0.410. The van der Waals surface area contributed by atoms with E-state index in [-0.39, 0.29) is 23.5 Å². The molecule has 2 rings (SSSR count). The molecule has 0 atom stereocenters. The van der Waals surface area contributed by atoms with Gasteiger partial charge in [-0.25, -0.2) is 4.63 Å². The molecule has 7 nitrogen and oxygen atoms in total. The molecule has 1 fully saturated rings. The van der Waals surface area contributed by atoms with Crippen LogP contribution in [0.15, 0.2) is 4.63 Å². The van der Waals surface area contributed by atoms with E-state index in [9.17, 15) is 9.90 Å². The predicted octanol–water partition coefficient (Wildman–Crippen LogP) is 0.324. The van der Waals surface area contributed by atoms with Crippen molar-refractivity contribution in [3.8, 4) is 0 Å². The zero-order valence-corrected chi connectivity index (χ0v) is 10.2. The largest absolute Gasteiger partial charge is 0.396 e. The number of carbonyl (C=O) groups excluding carboxylic acids is 1. The summed E-state index contributed by atoms with van der Waals surface area (Å²) in [6.45, 7) is 0.508. The summed E-state index contributed by atoms with van der Waals surface area (Å²) in [5.74, 6) is -0.429. The lowest BCUT2D eigenvalue weighted by molar-refractivity contribution is 0.0713. The fourth-order valence-corrected chi connectivity index (χ4v) is 2.40. The van der Waals surface area contributed by atoms with Gasteiger partial charge in [0, 0.05) is 12.0 Å². The van der Waals surface area contributed by atoms with Crippen LogP contribution in [0, 0.1) is 5.41 Å². The Hall–Kier alpha value is -1.63. The Morgan fingerprint density at radius 3 is 2.67 bits per heavy atom. The number of nitrogens with one attached hydrogen (secondary N) is 1. The normalized spacial score (nSPS) is 18.5. The average molecular weight is 254 g/mol. The van der Waals surface area contributed by atoms with Crippen molar-refractivity contribution in [3.05, 3.63) is 5.69 Å². The molecule has 1 aliphatic rings. The van der Waals surface area contributed by atoms with Gasteiger partial charge < -0.3 is 16.2 Å². The number of nitrogen functional groups attached to an aromatic ring is 1. The number of hydrogen-bond acceptors (Lipinski definition) is 6. The molecule has 0 saturated heterocycles. The molecule has 1 aromatic rings. The minimum Gasteiger partial charge on any atom is -0.396 e. The Morgan fingerprint density at radius 2 is 2.11 bits per heavy atom. The SMILES string of the molecule is Nc1nonc1C(=O)NCC1(CO)CCCCC1. The lowest BCUT2D eigenvalue weighted by Crippen LogP contribution is -2.41. The van der Waals surface area contributed by atoms with Gasteiger partial charge in [0.2, 0.25) is 11.5 Å². The Labute approximate surface area is 105 Å². The molecule has 0 radical (unpaired) electrons. The van der Waals surface area contributed by atoms with Gasteiger partial charge in [0.15, 0.2) is 0 Å². The second-order valence-corrected chi connectivity index (χ2v) is 4.90. The lowest BCUT2D eigenvalue weighted by atomic mass is 9.74. The van der Waals surface area contributed by atoms with Crippen LogP contribution in [0.3, 0.4) is 0 Å². The van der Waals surface area contributed by atoms with E-state index in [1.807, 2.05) is 0 Å².